The first-order valence-electron chi connectivity index (χ1n) is 6.28. The molecule has 0 radical (unpaired) electrons. The van der Waals surface area contributed by atoms with Gasteiger partial charge in [-0.25, -0.2) is 13.6 Å². The van der Waals surface area contributed by atoms with Crippen LogP contribution in [-0.4, -0.2) is 28.4 Å². The fourth-order valence-electron chi connectivity index (χ4n) is 2.56. The van der Waals surface area contributed by atoms with Crippen LogP contribution in [0.5, 0.6) is 0 Å². The molecule has 102 valence electrons. The van der Waals surface area contributed by atoms with Crippen LogP contribution in [0.3, 0.4) is 0 Å². The van der Waals surface area contributed by atoms with E-state index in [0.717, 1.165) is 6.42 Å². The Morgan fingerprint density at radius 3 is 2.06 bits per heavy atom. The fraction of sp³-hybridized carbons (Fsp3) is 0.833. The Labute approximate surface area is 104 Å². The Hall–Kier alpha value is -1.20. The number of halogens is 2. The smallest absolute Gasteiger partial charge is 0.329 e. The van der Waals surface area contributed by atoms with Crippen molar-refractivity contribution < 1.29 is 23.5 Å². The number of carboxylic acids is 1. The minimum atomic E-state index is -2.67. The van der Waals surface area contributed by atoms with Crippen LogP contribution in [0.1, 0.15) is 44.9 Å². The molecule has 18 heavy (non-hydrogen) atoms. The third-order valence-corrected chi connectivity index (χ3v) is 4.07. The van der Waals surface area contributed by atoms with E-state index >= 15 is 0 Å². The van der Waals surface area contributed by atoms with Gasteiger partial charge in [0.25, 0.3) is 0 Å². The van der Waals surface area contributed by atoms with E-state index < -0.39 is 23.3 Å². The van der Waals surface area contributed by atoms with E-state index in [1.54, 1.807) is 0 Å². The van der Waals surface area contributed by atoms with Crippen molar-refractivity contribution in [3.8, 4) is 0 Å². The summed E-state index contributed by atoms with van der Waals surface area (Å²) in [5, 5.41) is 11.6. The minimum absolute atomic E-state index is 0.133. The van der Waals surface area contributed by atoms with Crippen LogP contribution in [0.25, 0.3) is 0 Å². The van der Waals surface area contributed by atoms with E-state index in [1.165, 1.54) is 0 Å². The monoisotopic (exact) mass is 261 g/mol. The summed E-state index contributed by atoms with van der Waals surface area (Å²) in [7, 11) is 0. The van der Waals surface area contributed by atoms with Gasteiger partial charge in [0.1, 0.15) is 5.54 Å². The van der Waals surface area contributed by atoms with Gasteiger partial charge in [-0.2, -0.15) is 0 Å². The molecule has 2 rings (SSSR count). The lowest BCUT2D eigenvalue weighted by Crippen LogP contribution is -2.60. The maximum absolute atomic E-state index is 13.0. The molecule has 2 aliphatic carbocycles. The van der Waals surface area contributed by atoms with Crippen LogP contribution in [-0.2, 0) is 9.59 Å². The molecule has 2 aliphatic rings. The number of aliphatic carboxylic acids is 1. The van der Waals surface area contributed by atoms with E-state index in [1.807, 2.05) is 0 Å². The quantitative estimate of drug-likeness (QED) is 0.815. The van der Waals surface area contributed by atoms with Crippen LogP contribution in [0.4, 0.5) is 8.78 Å². The number of amides is 1. The van der Waals surface area contributed by atoms with Crippen LogP contribution in [0, 0.1) is 5.92 Å². The molecule has 0 aromatic carbocycles. The van der Waals surface area contributed by atoms with Gasteiger partial charge in [-0.05, 0) is 32.1 Å². The summed E-state index contributed by atoms with van der Waals surface area (Å²) in [4.78, 5) is 23.0. The summed E-state index contributed by atoms with van der Waals surface area (Å²) in [6.07, 6.45) is 1.32. The molecule has 2 saturated carbocycles. The molecule has 0 unspecified atom stereocenters. The van der Waals surface area contributed by atoms with Crippen molar-refractivity contribution in [2.24, 2.45) is 5.92 Å². The van der Waals surface area contributed by atoms with Crippen LogP contribution in [0.2, 0.25) is 0 Å². The molecular formula is C12H17F2NO3. The highest BCUT2D eigenvalue weighted by Gasteiger charge is 2.47. The zero-order valence-electron chi connectivity index (χ0n) is 10.0. The molecule has 0 bridgehead atoms. The second-order valence-corrected chi connectivity index (χ2v) is 5.36. The highest BCUT2D eigenvalue weighted by molar-refractivity contribution is 5.88. The van der Waals surface area contributed by atoms with Gasteiger partial charge in [0.2, 0.25) is 11.8 Å². The zero-order chi connectivity index (χ0) is 13.4. The zero-order valence-corrected chi connectivity index (χ0v) is 10.0. The second-order valence-electron chi connectivity index (χ2n) is 5.36. The average molecular weight is 261 g/mol. The van der Waals surface area contributed by atoms with Crippen molar-refractivity contribution in [2.75, 3.05) is 0 Å². The summed E-state index contributed by atoms with van der Waals surface area (Å²) < 4.78 is 25.9. The molecule has 0 aromatic rings. The van der Waals surface area contributed by atoms with E-state index in [4.69, 9.17) is 5.11 Å². The van der Waals surface area contributed by atoms with E-state index in [9.17, 15) is 18.4 Å². The minimum Gasteiger partial charge on any atom is -0.480 e. The van der Waals surface area contributed by atoms with Crippen LogP contribution < -0.4 is 5.32 Å². The lowest BCUT2D eigenvalue weighted by atomic mass is 9.76. The molecule has 1 amide bonds. The van der Waals surface area contributed by atoms with Crippen LogP contribution in [0.15, 0.2) is 0 Å². The Bertz CT molecular complexity index is 356. The molecule has 0 saturated heterocycles. The largest absolute Gasteiger partial charge is 0.480 e. The van der Waals surface area contributed by atoms with E-state index in [2.05, 4.69) is 5.32 Å². The summed E-state index contributed by atoms with van der Waals surface area (Å²) in [5.74, 6) is -4.55. The maximum atomic E-state index is 13.0. The number of nitrogens with one attached hydrogen (secondary N) is 1. The van der Waals surface area contributed by atoms with Gasteiger partial charge in [0, 0.05) is 18.8 Å². The van der Waals surface area contributed by atoms with Gasteiger partial charge in [0.15, 0.2) is 0 Å². The number of alkyl halides is 2. The summed E-state index contributed by atoms with van der Waals surface area (Å²) in [6, 6.07) is 0. The number of hydrogen-bond donors (Lipinski definition) is 2. The summed E-state index contributed by atoms with van der Waals surface area (Å²) in [5.41, 5.74) is -1.14. The summed E-state index contributed by atoms with van der Waals surface area (Å²) >= 11 is 0. The summed E-state index contributed by atoms with van der Waals surface area (Å²) in [6.45, 7) is 0. The Morgan fingerprint density at radius 2 is 1.67 bits per heavy atom. The number of carbonyl (C=O) groups excluding carboxylic acids is 1. The van der Waals surface area contributed by atoms with Crippen molar-refractivity contribution >= 4 is 11.9 Å². The van der Waals surface area contributed by atoms with Gasteiger partial charge >= 0.3 is 5.97 Å². The average Bonchev–Trinajstić information content (AvgIpc) is 2.22. The molecule has 0 aliphatic heterocycles. The third kappa shape index (κ3) is 2.47. The second kappa shape index (κ2) is 4.48. The highest BCUT2D eigenvalue weighted by atomic mass is 19.3. The first-order chi connectivity index (χ1) is 8.35. The lowest BCUT2D eigenvalue weighted by molar-refractivity contribution is -0.153. The molecule has 0 aromatic heterocycles. The van der Waals surface area contributed by atoms with E-state index in [-0.39, 0.29) is 31.6 Å². The first-order valence-corrected chi connectivity index (χ1v) is 6.28. The molecule has 4 nitrogen and oxygen atoms in total. The molecule has 6 heteroatoms. The highest BCUT2D eigenvalue weighted by Crippen LogP contribution is 2.37. The molecule has 0 spiro atoms. The molecule has 0 heterocycles. The van der Waals surface area contributed by atoms with Gasteiger partial charge < -0.3 is 10.4 Å². The molecule has 2 N–H and O–H groups in total. The number of hydrogen-bond acceptors (Lipinski definition) is 2. The lowest BCUT2D eigenvalue weighted by Gasteiger charge is -2.39. The fourth-order valence-corrected chi connectivity index (χ4v) is 2.56. The number of carbonyl (C=O) groups is 2. The van der Waals surface area contributed by atoms with Gasteiger partial charge in [-0.1, -0.05) is 0 Å². The van der Waals surface area contributed by atoms with E-state index in [0.29, 0.717) is 12.8 Å². The van der Waals surface area contributed by atoms with Crippen molar-refractivity contribution in [3.05, 3.63) is 0 Å². The predicted octanol–water partition coefficient (Wildman–Crippen LogP) is 1.94. The normalized spacial score (nSPS) is 26.1. The predicted molar refractivity (Wildman–Crippen MR) is 59.3 cm³/mol. The SMILES string of the molecule is O=C(NC1(C(=O)O)CCC1)C1CCC(F)(F)CC1. The van der Waals surface area contributed by atoms with Crippen molar-refractivity contribution in [1.29, 1.82) is 0 Å². The molecule has 0 atom stereocenters. The topological polar surface area (TPSA) is 66.4 Å². The third-order valence-electron chi connectivity index (χ3n) is 4.07. The van der Waals surface area contributed by atoms with Gasteiger partial charge in [-0.3, -0.25) is 4.79 Å². The maximum Gasteiger partial charge on any atom is 0.329 e. The first kappa shape index (κ1) is 13.2. The standard InChI is InChI=1S/C12H17F2NO3/c13-12(14)6-2-8(3-7-12)9(16)15-11(10(17)18)4-1-5-11/h8H,1-7H2,(H,15,16)(H,17,18). The van der Waals surface area contributed by atoms with Crippen LogP contribution >= 0.6 is 0 Å². The van der Waals surface area contributed by atoms with Crippen molar-refractivity contribution in [3.63, 3.8) is 0 Å². The van der Waals surface area contributed by atoms with Gasteiger partial charge in [-0.15, -0.1) is 0 Å². The Kier molecular flexibility index (Phi) is 3.29. The number of rotatable bonds is 3. The Balaban J connectivity index is 1.91. The van der Waals surface area contributed by atoms with Crippen molar-refractivity contribution in [1.82, 2.24) is 5.32 Å². The van der Waals surface area contributed by atoms with Crippen molar-refractivity contribution in [2.45, 2.75) is 56.4 Å². The number of carboxylic acid groups (broad SMARTS) is 1. The molecule has 2 fully saturated rings. The molecular weight excluding hydrogens is 244 g/mol. The Morgan fingerprint density at radius 1 is 1.11 bits per heavy atom. The van der Waals surface area contributed by atoms with Gasteiger partial charge in [0.05, 0.1) is 0 Å².